The van der Waals surface area contributed by atoms with E-state index in [0.717, 1.165) is 25.0 Å². The number of hydrogen-bond acceptors (Lipinski definition) is 4. The Bertz CT molecular complexity index is 619. The maximum atomic E-state index is 12.8. The summed E-state index contributed by atoms with van der Waals surface area (Å²) >= 11 is 0. The molecule has 3 rings (SSSR count). The van der Waals surface area contributed by atoms with E-state index in [-0.39, 0.29) is 0 Å². The van der Waals surface area contributed by atoms with Gasteiger partial charge in [0.25, 0.3) is 0 Å². The van der Waals surface area contributed by atoms with Gasteiger partial charge in [0.1, 0.15) is 4.90 Å². The van der Waals surface area contributed by atoms with Gasteiger partial charge in [0, 0.05) is 43.6 Å². The summed E-state index contributed by atoms with van der Waals surface area (Å²) < 4.78 is 29.2. The molecule has 1 unspecified atom stereocenters. The molecule has 2 N–H and O–H groups in total. The first-order valence-electron chi connectivity index (χ1n) is 7.51. The van der Waals surface area contributed by atoms with Gasteiger partial charge < -0.3 is 15.2 Å². The third kappa shape index (κ3) is 2.75. The molecule has 2 fully saturated rings. The zero-order valence-corrected chi connectivity index (χ0v) is 13.5. The van der Waals surface area contributed by atoms with Gasteiger partial charge in [-0.3, -0.25) is 0 Å². The van der Waals surface area contributed by atoms with Crippen LogP contribution in [0, 0.1) is 0 Å². The Morgan fingerprint density at radius 2 is 2.05 bits per heavy atom. The Morgan fingerprint density at radius 3 is 2.57 bits per heavy atom. The van der Waals surface area contributed by atoms with Gasteiger partial charge in [-0.25, -0.2) is 8.42 Å². The van der Waals surface area contributed by atoms with Crippen LogP contribution < -0.4 is 5.73 Å². The van der Waals surface area contributed by atoms with E-state index in [9.17, 15) is 8.42 Å². The topological polar surface area (TPSA) is 71.6 Å². The predicted octanol–water partition coefficient (Wildman–Crippen LogP) is 0.606. The van der Waals surface area contributed by atoms with Crippen molar-refractivity contribution in [1.29, 1.82) is 0 Å². The second-order valence-corrected chi connectivity index (χ2v) is 8.22. The molecule has 0 radical (unpaired) electrons. The van der Waals surface area contributed by atoms with E-state index in [1.807, 2.05) is 18.7 Å². The number of nitrogens with two attached hydrogens (primary N) is 1. The summed E-state index contributed by atoms with van der Waals surface area (Å²) in [6.45, 7) is 1.55. The van der Waals surface area contributed by atoms with Crippen LogP contribution in [0.25, 0.3) is 0 Å². The van der Waals surface area contributed by atoms with E-state index in [4.69, 9.17) is 5.73 Å². The lowest BCUT2D eigenvalue weighted by Gasteiger charge is -2.19. The third-order valence-electron chi connectivity index (χ3n) is 4.55. The van der Waals surface area contributed by atoms with Gasteiger partial charge in [-0.15, -0.1) is 0 Å². The van der Waals surface area contributed by atoms with Gasteiger partial charge in [-0.05, 0) is 39.4 Å². The van der Waals surface area contributed by atoms with Crippen molar-refractivity contribution in [3.05, 3.63) is 18.0 Å². The maximum Gasteiger partial charge on any atom is 0.244 e. The molecule has 6 nitrogen and oxygen atoms in total. The summed E-state index contributed by atoms with van der Waals surface area (Å²) in [5.74, 6) is 0. The minimum absolute atomic E-state index is 0.305. The molecule has 21 heavy (non-hydrogen) atoms. The van der Waals surface area contributed by atoms with Crippen LogP contribution in [0.3, 0.4) is 0 Å². The van der Waals surface area contributed by atoms with Gasteiger partial charge in [0.15, 0.2) is 0 Å². The van der Waals surface area contributed by atoms with Gasteiger partial charge in [-0.1, -0.05) is 0 Å². The fourth-order valence-electron chi connectivity index (χ4n) is 2.99. The summed E-state index contributed by atoms with van der Waals surface area (Å²) in [6.07, 6.45) is 4.90. The van der Waals surface area contributed by atoms with Crippen LogP contribution in [0.2, 0.25) is 0 Å². The molecule has 1 saturated heterocycles. The first-order valence-corrected chi connectivity index (χ1v) is 8.95. The smallest absolute Gasteiger partial charge is 0.244 e. The van der Waals surface area contributed by atoms with Crippen molar-refractivity contribution in [2.24, 2.45) is 5.73 Å². The average Bonchev–Trinajstić information content (AvgIpc) is 3.01. The van der Waals surface area contributed by atoms with Crippen molar-refractivity contribution < 1.29 is 8.42 Å². The Hall–Kier alpha value is -0.890. The highest BCUT2D eigenvalue weighted by atomic mass is 32.2. The summed E-state index contributed by atoms with van der Waals surface area (Å²) in [6, 6.07) is 2.50. The molecule has 1 aliphatic heterocycles. The lowest BCUT2D eigenvalue weighted by molar-refractivity contribution is 0.302. The molecule has 1 aromatic heterocycles. The number of likely N-dealkylation sites (N-methyl/N-ethyl adjacent to an activating group) is 1. The second kappa shape index (κ2) is 5.39. The molecule has 1 aromatic rings. The highest BCUT2D eigenvalue weighted by Crippen LogP contribution is 2.37. The minimum Gasteiger partial charge on any atom is -0.346 e. The fourth-order valence-corrected chi connectivity index (χ4v) is 4.54. The van der Waals surface area contributed by atoms with E-state index in [1.54, 1.807) is 16.6 Å². The molecule has 0 amide bonds. The van der Waals surface area contributed by atoms with Crippen LogP contribution in [-0.4, -0.2) is 55.4 Å². The molecule has 1 aliphatic carbocycles. The summed E-state index contributed by atoms with van der Waals surface area (Å²) in [4.78, 5) is 2.49. The molecule has 118 valence electrons. The highest BCUT2D eigenvalue weighted by Gasteiger charge is 2.35. The quantitative estimate of drug-likeness (QED) is 0.864. The Labute approximate surface area is 126 Å². The second-order valence-electron chi connectivity index (χ2n) is 6.28. The normalized spacial score (nSPS) is 24.1. The van der Waals surface area contributed by atoms with Crippen molar-refractivity contribution in [3.8, 4) is 0 Å². The van der Waals surface area contributed by atoms with Crippen LogP contribution in [0.15, 0.2) is 17.2 Å². The molecule has 2 aliphatic rings. The van der Waals surface area contributed by atoms with E-state index in [1.165, 1.54) is 0 Å². The number of sulfonamides is 1. The summed E-state index contributed by atoms with van der Waals surface area (Å²) in [7, 11) is 0.601. The van der Waals surface area contributed by atoms with E-state index in [2.05, 4.69) is 4.90 Å². The Balaban J connectivity index is 1.85. The van der Waals surface area contributed by atoms with E-state index in [0.29, 0.717) is 36.6 Å². The van der Waals surface area contributed by atoms with Crippen LogP contribution >= 0.6 is 0 Å². The lowest BCUT2D eigenvalue weighted by atomic mass is 10.2. The van der Waals surface area contributed by atoms with Gasteiger partial charge >= 0.3 is 0 Å². The number of rotatable bonds is 5. The molecule has 0 spiro atoms. The van der Waals surface area contributed by atoms with Crippen molar-refractivity contribution in [2.45, 2.75) is 42.8 Å². The van der Waals surface area contributed by atoms with Gasteiger partial charge in [0.05, 0.1) is 0 Å². The number of hydrogen-bond donors (Lipinski definition) is 1. The van der Waals surface area contributed by atoms with Crippen molar-refractivity contribution >= 4 is 10.0 Å². The number of aromatic nitrogens is 1. The number of nitrogens with zero attached hydrogens (tertiary/aromatic N) is 3. The highest BCUT2D eigenvalue weighted by molar-refractivity contribution is 7.89. The molecular formula is C14H24N4O2S. The first kappa shape index (κ1) is 15.0. The molecular weight excluding hydrogens is 288 g/mol. The SMILES string of the molecule is CN(C)C1CCN(S(=O)(=O)c2cc(CN)n(C3CC3)c2)C1. The predicted molar refractivity (Wildman–Crippen MR) is 81.4 cm³/mol. The Kier molecular flexibility index (Phi) is 3.85. The van der Waals surface area contributed by atoms with Crippen LogP contribution in [-0.2, 0) is 16.6 Å². The van der Waals surface area contributed by atoms with Crippen LogP contribution in [0.1, 0.15) is 31.0 Å². The monoisotopic (exact) mass is 312 g/mol. The molecule has 1 atom stereocenters. The maximum absolute atomic E-state index is 12.8. The average molecular weight is 312 g/mol. The van der Waals surface area contributed by atoms with Crippen LogP contribution in [0.4, 0.5) is 0 Å². The third-order valence-corrected chi connectivity index (χ3v) is 6.38. The molecule has 0 bridgehead atoms. The van der Waals surface area contributed by atoms with Gasteiger partial charge in [-0.2, -0.15) is 4.31 Å². The van der Waals surface area contributed by atoms with E-state index >= 15 is 0 Å². The standard InChI is InChI=1S/C14H24N4O2S/c1-16(2)12-5-6-17(9-12)21(19,20)14-7-13(8-15)18(10-14)11-3-4-11/h7,10-12H,3-6,8-9,15H2,1-2H3. The molecule has 0 aromatic carbocycles. The van der Waals surface area contributed by atoms with Crippen molar-refractivity contribution in [2.75, 3.05) is 27.2 Å². The zero-order valence-electron chi connectivity index (χ0n) is 12.7. The summed E-state index contributed by atoms with van der Waals surface area (Å²) in [5, 5.41) is 0. The zero-order chi connectivity index (χ0) is 15.2. The lowest BCUT2D eigenvalue weighted by Crippen LogP contribution is -2.34. The largest absolute Gasteiger partial charge is 0.346 e. The fraction of sp³-hybridized carbons (Fsp3) is 0.714. The molecule has 1 saturated carbocycles. The minimum atomic E-state index is -3.39. The van der Waals surface area contributed by atoms with Gasteiger partial charge in [0.2, 0.25) is 10.0 Å². The first-order chi connectivity index (χ1) is 9.93. The summed E-state index contributed by atoms with van der Waals surface area (Å²) in [5.41, 5.74) is 6.67. The van der Waals surface area contributed by atoms with Crippen molar-refractivity contribution in [1.82, 2.24) is 13.8 Å². The van der Waals surface area contributed by atoms with Crippen molar-refractivity contribution in [3.63, 3.8) is 0 Å². The van der Waals surface area contributed by atoms with Crippen LogP contribution in [0.5, 0.6) is 0 Å². The Morgan fingerprint density at radius 1 is 1.33 bits per heavy atom. The molecule has 7 heteroatoms. The van der Waals surface area contributed by atoms with E-state index < -0.39 is 10.0 Å². The molecule has 2 heterocycles.